The molecule has 6 nitrogen and oxygen atoms in total. The van der Waals surface area contributed by atoms with Crippen LogP contribution in [0.4, 0.5) is 5.69 Å². The zero-order chi connectivity index (χ0) is 17.2. The highest BCUT2D eigenvalue weighted by molar-refractivity contribution is 5.79. The van der Waals surface area contributed by atoms with Gasteiger partial charge in [-0.05, 0) is 25.8 Å². The molecule has 1 amide bonds. The number of nitro groups is 1. The molecule has 23 heavy (non-hydrogen) atoms. The molecule has 2 atom stereocenters. The van der Waals surface area contributed by atoms with Crippen LogP contribution in [0.3, 0.4) is 0 Å². The SMILES string of the molecule is CC(C)O[C@@H]1C[C@@H](NC(=O)Cc2cccc([N+](=O)[O-])c2)C1(C)C. The third-order valence-corrected chi connectivity index (χ3v) is 4.44. The second-order valence-corrected chi connectivity index (χ2v) is 6.95. The minimum absolute atomic E-state index is 0.00433. The summed E-state index contributed by atoms with van der Waals surface area (Å²) in [6.07, 6.45) is 1.25. The number of rotatable bonds is 6. The topological polar surface area (TPSA) is 81.5 Å². The Hall–Kier alpha value is -1.95. The largest absolute Gasteiger partial charge is 0.375 e. The van der Waals surface area contributed by atoms with E-state index >= 15 is 0 Å². The van der Waals surface area contributed by atoms with Gasteiger partial charge in [-0.2, -0.15) is 0 Å². The minimum Gasteiger partial charge on any atom is -0.375 e. The molecule has 0 radical (unpaired) electrons. The molecule has 0 aromatic heterocycles. The van der Waals surface area contributed by atoms with Crippen LogP contribution in [0.5, 0.6) is 0 Å². The highest BCUT2D eigenvalue weighted by Gasteiger charge is 2.49. The molecule has 126 valence electrons. The van der Waals surface area contributed by atoms with Gasteiger partial charge in [0.2, 0.25) is 5.91 Å². The van der Waals surface area contributed by atoms with Crippen molar-refractivity contribution in [3.63, 3.8) is 0 Å². The van der Waals surface area contributed by atoms with Gasteiger partial charge in [0, 0.05) is 23.6 Å². The molecule has 1 aromatic rings. The predicted octanol–water partition coefficient (Wildman–Crippen LogP) is 2.85. The second-order valence-electron chi connectivity index (χ2n) is 6.95. The summed E-state index contributed by atoms with van der Waals surface area (Å²) >= 11 is 0. The zero-order valence-corrected chi connectivity index (χ0v) is 14.0. The smallest absolute Gasteiger partial charge is 0.269 e. The zero-order valence-electron chi connectivity index (χ0n) is 14.0. The first kappa shape index (κ1) is 17.4. The van der Waals surface area contributed by atoms with E-state index in [1.165, 1.54) is 12.1 Å². The van der Waals surface area contributed by atoms with Crippen LogP contribution in [-0.2, 0) is 16.0 Å². The number of amides is 1. The number of nitro benzene ring substituents is 1. The standard InChI is InChI=1S/C17H24N2O4/c1-11(2)23-15-10-14(17(15,3)4)18-16(20)9-12-6-5-7-13(8-12)19(21)22/h5-8,11,14-15H,9-10H2,1-4H3,(H,18,20)/t14-,15-/m1/s1. The van der Waals surface area contributed by atoms with Crippen molar-refractivity contribution in [3.8, 4) is 0 Å². The molecule has 0 spiro atoms. The molecule has 1 aliphatic rings. The van der Waals surface area contributed by atoms with Gasteiger partial charge in [-0.25, -0.2) is 0 Å². The number of carbonyl (C=O) groups excluding carboxylic acids is 1. The molecule has 6 heteroatoms. The highest BCUT2D eigenvalue weighted by atomic mass is 16.6. The van der Waals surface area contributed by atoms with Crippen LogP contribution in [0, 0.1) is 15.5 Å². The quantitative estimate of drug-likeness (QED) is 0.645. The molecule has 0 aliphatic heterocycles. The lowest BCUT2D eigenvalue weighted by molar-refractivity contribution is -0.384. The Bertz CT molecular complexity index is 598. The van der Waals surface area contributed by atoms with E-state index in [0.717, 1.165) is 6.42 Å². The maximum Gasteiger partial charge on any atom is 0.269 e. The Kier molecular flexibility index (Phi) is 5.04. The molecule has 2 rings (SSSR count). The molecule has 0 saturated heterocycles. The summed E-state index contributed by atoms with van der Waals surface area (Å²) < 4.78 is 5.85. The van der Waals surface area contributed by atoms with Crippen molar-refractivity contribution >= 4 is 11.6 Å². The Morgan fingerprint density at radius 1 is 1.48 bits per heavy atom. The van der Waals surface area contributed by atoms with Crippen molar-refractivity contribution in [1.82, 2.24) is 5.32 Å². The molecule has 0 heterocycles. The van der Waals surface area contributed by atoms with Crippen molar-refractivity contribution in [2.45, 2.75) is 58.8 Å². The number of ether oxygens (including phenoxy) is 1. The summed E-state index contributed by atoms with van der Waals surface area (Å²) in [5.74, 6) is -0.119. The summed E-state index contributed by atoms with van der Waals surface area (Å²) in [6.45, 7) is 8.18. The summed E-state index contributed by atoms with van der Waals surface area (Å²) in [5, 5.41) is 13.8. The van der Waals surface area contributed by atoms with Crippen LogP contribution in [0.25, 0.3) is 0 Å². The third-order valence-electron chi connectivity index (χ3n) is 4.44. The average Bonchev–Trinajstić information content (AvgIpc) is 2.46. The van der Waals surface area contributed by atoms with Gasteiger partial charge in [-0.3, -0.25) is 14.9 Å². The summed E-state index contributed by atoms with van der Waals surface area (Å²) in [6, 6.07) is 6.25. The number of nitrogens with one attached hydrogen (secondary N) is 1. The Balaban J connectivity index is 1.91. The average molecular weight is 320 g/mol. The first-order valence-electron chi connectivity index (χ1n) is 7.88. The highest BCUT2D eigenvalue weighted by Crippen LogP contribution is 2.43. The Morgan fingerprint density at radius 2 is 2.17 bits per heavy atom. The minimum atomic E-state index is -0.454. The van der Waals surface area contributed by atoms with E-state index in [0.29, 0.717) is 5.56 Å². The van der Waals surface area contributed by atoms with Crippen molar-refractivity contribution in [2.75, 3.05) is 0 Å². The maximum atomic E-state index is 12.2. The molecule has 1 saturated carbocycles. The van der Waals surface area contributed by atoms with E-state index < -0.39 is 4.92 Å². The monoisotopic (exact) mass is 320 g/mol. The van der Waals surface area contributed by atoms with Crippen molar-refractivity contribution in [1.29, 1.82) is 0 Å². The van der Waals surface area contributed by atoms with Crippen molar-refractivity contribution in [2.24, 2.45) is 5.41 Å². The van der Waals surface area contributed by atoms with Gasteiger partial charge in [-0.15, -0.1) is 0 Å². The van der Waals surface area contributed by atoms with Crippen LogP contribution >= 0.6 is 0 Å². The number of carbonyl (C=O) groups is 1. The molecular formula is C17H24N2O4. The van der Waals surface area contributed by atoms with E-state index in [2.05, 4.69) is 19.2 Å². The summed E-state index contributed by atoms with van der Waals surface area (Å²) in [4.78, 5) is 22.5. The maximum absolute atomic E-state index is 12.2. The second kappa shape index (κ2) is 6.66. The first-order chi connectivity index (χ1) is 10.7. The van der Waals surface area contributed by atoms with Gasteiger partial charge in [0.15, 0.2) is 0 Å². The van der Waals surface area contributed by atoms with E-state index in [-0.39, 0.29) is 41.7 Å². The molecule has 0 bridgehead atoms. The summed E-state index contributed by atoms with van der Waals surface area (Å²) in [7, 11) is 0. The van der Waals surface area contributed by atoms with Crippen molar-refractivity contribution in [3.05, 3.63) is 39.9 Å². The lowest BCUT2D eigenvalue weighted by atomic mass is 9.64. The van der Waals surface area contributed by atoms with E-state index in [1.54, 1.807) is 12.1 Å². The first-order valence-corrected chi connectivity index (χ1v) is 7.88. The molecule has 1 fully saturated rings. The lowest BCUT2D eigenvalue weighted by Gasteiger charge is -2.52. The van der Waals surface area contributed by atoms with E-state index in [1.807, 2.05) is 13.8 Å². The van der Waals surface area contributed by atoms with Crippen molar-refractivity contribution < 1.29 is 14.5 Å². The van der Waals surface area contributed by atoms with Gasteiger partial charge in [-0.1, -0.05) is 26.0 Å². The molecule has 0 unspecified atom stereocenters. The lowest BCUT2D eigenvalue weighted by Crippen LogP contribution is -2.62. The molecular weight excluding hydrogens is 296 g/mol. The fourth-order valence-corrected chi connectivity index (χ4v) is 2.90. The fraction of sp³-hybridized carbons (Fsp3) is 0.588. The van der Waals surface area contributed by atoms with Gasteiger partial charge in [0.1, 0.15) is 0 Å². The predicted molar refractivity (Wildman–Crippen MR) is 87.1 cm³/mol. The Labute approximate surface area is 136 Å². The van der Waals surface area contributed by atoms with Crippen LogP contribution in [0.1, 0.15) is 39.7 Å². The molecule has 1 N–H and O–H groups in total. The van der Waals surface area contributed by atoms with Gasteiger partial charge >= 0.3 is 0 Å². The summed E-state index contributed by atoms with van der Waals surface area (Å²) in [5.41, 5.74) is 0.538. The normalized spacial score (nSPS) is 22.5. The van der Waals surface area contributed by atoms with E-state index in [4.69, 9.17) is 4.74 Å². The number of non-ortho nitro benzene ring substituents is 1. The number of nitrogens with zero attached hydrogens (tertiary/aromatic N) is 1. The van der Waals surface area contributed by atoms with Crippen LogP contribution in [-0.4, -0.2) is 29.1 Å². The van der Waals surface area contributed by atoms with Crippen LogP contribution < -0.4 is 5.32 Å². The number of hydrogen-bond donors (Lipinski definition) is 1. The number of hydrogen-bond acceptors (Lipinski definition) is 4. The Morgan fingerprint density at radius 3 is 2.74 bits per heavy atom. The molecule has 1 aromatic carbocycles. The third kappa shape index (κ3) is 4.07. The fourth-order valence-electron chi connectivity index (χ4n) is 2.90. The van der Waals surface area contributed by atoms with Gasteiger partial charge < -0.3 is 10.1 Å². The van der Waals surface area contributed by atoms with Gasteiger partial charge in [0.25, 0.3) is 5.69 Å². The number of benzene rings is 1. The molecule has 1 aliphatic carbocycles. The van der Waals surface area contributed by atoms with Crippen LogP contribution in [0.15, 0.2) is 24.3 Å². The van der Waals surface area contributed by atoms with Crippen LogP contribution in [0.2, 0.25) is 0 Å². The van der Waals surface area contributed by atoms with E-state index in [9.17, 15) is 14.9 Å². The van der Waals surface area contributed by atoms with Gasteiger partial charge in [0.05, 0.1) is 23.6 Å².